The zero-order chi connectivity index (χ0) is 17.2. The zero-order valence-electron chi connectivity index (χ0n) is 14.1. The lowest BCUT2D eigenvalue weighted by Crippen LogP contribution is -2.26. The number of hydrogen-bond donors (Lipinski definition) is 0. The second-order valence-electron chi connectivity index (χ2n) is 6.64. The normalized spacial score (nSPS) is 11.2. The molecule has 1 heterocycles. The summed E-state index contributed by atoms with van der Waals surface area (Å²) in [6, 6.07) is 8.78. The van der Waals surface area contributed by atoms with Crippen molar-refractivity contribution >= 4 is 11.8 Å². The first-order chi connectivity index (χ1) is 10.7. The number of esters is 1. The summed E-state index contributed by atoms with van der Waals surface area (Å²) in [6.45, 7) is 9.03. The number of benzene rings is 1. The Kier molecular flexibility index (Phi) is 4.64. The maximum absolute atomic E-state index is 12.8. The smallest absolute Gasteiger partial charge is 0.316 e. The molecule has 0 N–H and O–H groups in total. The molecule has 0 saturated carbocycles. The van der Waals surface area contributed by atoms with Gasteiger partial charge in [0.05, 0.1) is 11.0 Å². The Hall–Kier alpha value is -2.49. The van der Waals surface area contributed by atoms with Gasteiger partial charge >= 0.3 is 5.97 Å². The van der Waals surface area contributed by atoms with E-state index in [0.717, 1.165) is 11.1 Å². The van der Waals surface area contributed by atoms with E-state index in [4.69, 9.17) is 4.74 Å². The highest BCUT2D eigenvalue weighted by Gasteiger charge is 2.26. The molecule has 0 bridgehead atoms. The second kappa shape index (κ2) is 6.32. The summed E-state index contributed by atoms with van der Waals surface area (Å²) < 4.78 is 5.48. The van der Waals surface area contributed by atoms with Gasteiger partial charge in [0.1, 0.15) is 11.4 Å². The minimum Gasteiger partial charge on any atom is -0.425 e. The van der Waals surface area contributed by atoms with Crippen molar-refractivity contribution in [2.45, 2.75) is 34.6 Å². The van der Waals surface area contributed by atoms with Gasteiger partial charge in [-0.05, 0) is 63.9 Å². The maximum Gasteiger partial charge on any atom is 0.316 e. The van der Waals surface area contributed by atoms with Crippen molar-refractivity contribution < 1.29 is 14.3 Å². The Bertz CT molecular complexity index is 757. The fourth-order valence-corrected chi connectivity index (χ4v) is 2.06. The Morgan fingerprint density at radius 1 is 1.09 bits per heavy atom. The largest absolute Gasteiger partial charge is 0.425 e. The molecule has 0 radical (unpaired) electrons. The number of ether oxygens (including phenoxy) is 1. The fourth-order valence-electron chi connectivity index (χ4n) is 2.06. The van der Waals surface area contributed by atoms with E-state index in [1.165, 1.54) is 0 Å². The highest BCUT2D eigenvalue weighted by Crippen LogP contribution is 2.27. The summed E-state index contributed by atoms with van der Waals surface area (Å²) in [5.74, 6) is -0.351. The molecular weight excluding hydrogens is 290 g/mol. The number of aryl methyl sites for hydroxylation is 2. The van der Waals surface area contributed by atoms with Crippen LogP contribution in [0, 0.1) is 19.3 Å². The average molecular weight is 311 g/mol. The van der Waals surface area contributed by atoms with Gasteiger partial charge in [0.2, 0.25) is 5.78 Å². The van der Waals surface area contributed by atoms with Gasteiger partial charge in [0, 0.05) is 6.20 Å². The zero-order valence-corrected chi connectivity index (χ0v) is 14.1. The fraction of sp³-hybridized carbons (Fsp3) is 0.316. The second-order valence-corrected chi connectivity index (χ2v) is 6.64. The molecule has 4 heteroatoms. The number of pyridine rings is 1. The van der Waals surface area contributed by atoms with Crippen LogP contribution in [-0.2, 0) is 4.79 Å². The molecule has 0 aliphatic rings. The van der Waals surface area contributed by atoms with E-state index < -0.39 is 5.41 Å². The third kappa shape index (κ3) is 3.83. The van der Waals surface area contributed by atoms with Gasteiger partial charge in [0.25, 0.3) is 0 Å². The summed E-state index contributed by atoms with van der Waals surface area (Å²) in [7, 11) is 0. The predicted molar refractivity (Wildman–Crippen MR) is 88.7 cm³/mol. The molecule has 120 valence electrons. The summed E-state index contributed by atoms with van der Waals surface area (Å²) in [4.78, 5) is 29.1. The van der Waals surface area contributed by atoms with E-state index in [0.29, 0.717) is 11.3 Å². The SMILES string of the molecule is Cc1ccnc(C(=O)c2c(C)cccc2OC(=O)C(C)(C)C)c1. The van der Waals surface area contributed by atoms with E-state index >= 15 is 0 Å². The molecule has 0 aliphatic heterocycles. The monoisotopic (exact) mass is 311 g/mol. The lowest BCUT2D eigenvalue weighted by molar-refractivity contribution is -0.143. The van der Waals surface area contributed by atoms with Crippen LogP contribution in [0.25, 0.3) is 0 Å². The first-order valence-corrected chi connectivity index (χ1v) is 7.49. The number of rotatable bonds is 3. The Balaban J connectivity index is 2.46. The van der Waals surface area contributed by atoms with Gasteiger partial charge in [-0.2, -0.15) is 0 Å². The van der Waals surface area contributed by atoms with Crippen molar-refractivity contribution in [1.29, 1.82) is 0 Å². The summed E-state index contributed by atoms with van der Waals surface area (Å²) in [6.07, 6.45) is 1.60. The molecule has 0 saturated heterocycles. The highest BCUT2D eigenvalue weighted by molar-refractivity contribution is 6.10. The third-order valence-corrected chi connectivity index (χ3v) is 3.42. The lowest BCUT2D eigenvalue weighted by Gasteiger charge is -2.18. The van der Waals surface area contributed by atoms with Crippen LogP contribution in [0.5, 0.6) is 5.75 Å². The lowest BCUT2D eigenvalue weighted by atomic mass is 9.97. The molecule has 0 spiro atoms. The first kappa shape index (κ1) is 16.9. The van der Waals surface area contributed by atoms with Crippen LogP contribution >= 0.6 is 0 Å². The van der Waals surface area contributed by atoms with Crippen molar-refractivity contribution in [3.63, 3.8) is 0 Å². The molecule has 2 aromatic rings. The minimum atomic E-state index is -0.647. The molecule has 0 fully saturated rings. The number of aromatic nitrogens is 1. The summed E-state index contributed by atoms with van der Waals surface area (Å²) in [5, 5.41) is 0. The molecule has 0 unspecified atom stereocenters. The highest BCUT2D eigenvalue weighted by atomic mass is 16.5. The van der Waals surface area contributed by atoms with Crippen molar-refractivity contribution in [3.05, 3.63) is 58.9 Å². The van der Waals surface area contributed by atoms with E-state index in [9.17, 15) is 9.59 Å². The van der Waals surface area contributed by atoms with Crippen molar-refractivity contribution in [3.8, 4) is 5.75 Å². The van der Waals surface area contributed by atoms with E-state index in [1.807, 2.05) is 26.0 Å². The Morgan fingerprint density at radius 3 is 2.39 bits per heavy atom. The molecule has 1 aromatic carbocycles. The van der Waals surface area contributed by atoms with Crippen LogP contribution in [0.2, 0.25) is 0 Å². The topological polar surface area (TPSA) is 56.3 Å². The standard InChI is InChI=1S/C19H21NO3/c1-12-9-10-20-14(11-12)17(21)16-13(2)7-6-8-15(16)23-18(22)19(3,4)5/h6-11H,1-5H3. The van der Waals surface area contributed by atoms with Gasteiger partial charge in [0.15, 0.2) is 0 Å². The molecule has 1 aromatic heterocycles. The Labute approximate surface area is 136 Å². The van der Waals surface area contributed by atoms with Crippen LogP contribution < -0.4 is 4.74 Å². The third-order valence-electron chi connectivity index (χ3n) is 3.42. The van der Waals surface area contributed by atoms with Crippen LogP contribution in [-0.4, -0.2) is 16.7 Å². The average Bonchev–Trinajstić information content (AvgIpc) is 2.46. The quantitative estimate of drug-likeness (QED) is 0.490. The number of ketones is 1. The predicted octanol–water partition coefficient (Wildman–Crippen LogP) is 3.88. The first-order valence-electron chi connectivity index (χ1n) is 7.49. The molecule has 4 nitrogen and oxygen atoms in total. The van der Waals surface area contributed by atoms with Gasteiger partial charge < -0.3 is 4.74 Å². The van der Waals surface area contributed by atoms with E-state index in [-0.39, 0.29) is 17.5 Å². The van der Waals surface area contributed by atoms with Crippen LogP contribution in [0.4, 0.5) is 0 Å². The molecule has 23 heavy (non-hydrogen) atoms. The van der Waals surface area contributed by atoms with Crippen LogP contribution in [0.3, 0.4) is 0 Å². The number of hydrogen-bond acceptors (Lipinski definition) is 4. The maximum atomic E-state index is 12.8. The number of nitrogens with zero attached hydrogens (tertiary/aromatic N) is 1. The molecular formula is C19H21NO3. The number of carbonyl (C=O) groups excluding carboxylic acids is 2. The van der Waals surface area contributed by atoms with Crippen molar-refractivity contribution in [2.75, 3.05) is 0 Å². The van der Waals surface area contributed by atoms with Crippen molar-refractivity contribution in [2.24, 2.45) is 5.41 Å². The van der Waals surface area contributed by atoms with E-state index in [2.05, 4.69) is 4.98 Å². The molecule has 0 aliphatic carbocycles. The van der Waals surface area contributed by atoms with Gasteiger partial charge in [-0.3, -0.25) is 14.6 Å². The Morgan fingerprint density at radius 2 is 1.78 bits per heavy atom. The molecule has 2 rings (SSSR count). The van der Waals surface area contributed by atoms with Crippen LogP contribution in [0.1, 0.15) is 48.0 Å². The van der Waals surface area contributed by atoms with Gasteiger partial charge in [-0.1, -0.05) is 12.1 Å². The van der Waals surface area contributed by atoms with Crippen molar-refractivity contribution in [1.82, 2.24) is 4.98 Å². The van der Waals surface area contributed by atoms with E-state index in [1.54, 1.807) is 45.2 Å². The van der Waals surface area contributed by atoms with Crippen LogP contribution in [0.15, 0.2) is 36.5 Å². The number of carbonyl (C=O) groups is 2. The summed E-state index contributed by atoms with van der Waals surface area (Å²) >= 11 is 0. The van der Waals surface area contributed by atoms with Gasteiger partial charge in [-0.15, -0.1) is 0 Å². The molecule has 0 amide bonds. The molecule has 0 atom stereocenters. The summed E-state index contributed by atoms with van der Waals surface area (Å²) in [5.41, 5.74) is 1.77. The van der Waals surface area contributed by atoms with Gasteiger partial charge in [-0.25, -0.2) is 0 Å². The minimum absolute atomic E-state index is 0.247.